The molecule has 1 aromatic heterocycles. The third-order valence-corrected chi connectivity index (χ3v) is 3.85. The van der Waals surface area contributed by atoms with Crippen molar-refractivity contribution in [3.8, 4) is 0 Å². The third-order valence-electron chi connectivity index (χ3n) is 2.85. The summed E-state index contributed by atoms with van der Waals surface area (Å²) < 4.78 is 14.5. The largest absolute Gasteiger partial charge is 0.389 e. The van der Waals surface area contributed by atoms with Crippen molar-refractivity contribution < 1.29 is 4.39 Å². The van der Waals surface area contributed by atoms with Crippen LogP contribution in [0.15, 0.2) is 41.0 Å². The lowest BCUT2D eigenvalue weighted by atomic mass is 10.1. The molecule has 0 bridgehead atoms. The summed E-state index contributed by atoms with van der Waals surface area (Å²) in [6.07, 6.45) is 1.70. The average Bonchev–Trinajstić information content (AvgIpc) is 2.44. The fraction of sp³-hybridized carbons (Fsp3) is 0.143. The molecule has 0 aliphatic rings. The number of thiocarbonyl (C=S) groups is 1. The van der Waals surface area contributed by atoms with Crippen LogP contribution in [0, 0.1) is 5.82 Å². The molecular formula is C14H13BrFN3S. The number of hydrogen-bond acceptors (Lipinski definition) is 3. The topological polar surface area (TPSA) is 50.9 Å². The Kier molecular flexibility index (Phi) is 4.67. The molecule has 104 valence electrons. The van der Waals surface area contributed by atoms with Crippen LogP contribution in [0.4, 0.5) is 10.1 Å². The Morgan fingerprint density at radius 3 is 2.75 bits per heavy atom. The van der Waals surface area contributed by atoms with Crippen molar-refractivity contribution in [1.29, 1.82) is 0 Å². The van der Waals surface area contributed by atoms with Gasteiger partial charge in [-0.3, -0.25) is 4.98 Å². The van der Waals surface area contributed by atoms with Crippen molar-refractivity contribution in [3.05, 3.63) is 58.1 Å². The van der Waals surface area contributed by atoms with E-state index in [-0.39, 0.29) is 15.5 Å². The molecular weight excluding hydrogens is 341 g/mol. The molecule has 0 amide bonds. The first-order chi connectivity index (χ1) is 9.50. The summed E-state index contributed by atoms with van der Waals surface area (Å²) in [5.41, 5.74) is 7.22. The molecule has 0 aliphatic heterocycles. The Bertz CT molecular complexity index is 634. The predicted molar refractivity (Wildman–Crippen MR) is 86.3 cm³/mol. The van der Waals surface area contributed by atoms with Crippen LogP contribution in [0.25, 0.3) is 0 Å². The van der Waals surface area contributed by atoms with Crippen LogP contribution in [0.3, 0.4) is 0 Å². The molecule has 1 heterocycles. The molecule has 0 saturated carbocycles. The Balaban J connectivity index is 2.27. The maximum Gasteiger partial charge on any atom is 0.161 e. The minimum absolute atomic E-state index is 0.117. The van der Waals surface area contributed by atoms with Crippen LogP contribution in [0.1, 0.15) is 24.2 Å². The maximum absolute atomic E-state index is 14.3. The van der Waals surface area contributed by atoms with Gasteiger partial charge in [-0.15, -0.1) is 0 Å². The van der Waals surface area contributed by atoms with Crippen molar-refractivity contribution in [3.63, 3.8) is 0 Å². The summed E-state index contributed by atoms with van der Waals surface area (Å²) in [6, 6.07) is 8.80. The first-order valence-electron chi connectivity index (χ1n) is 5.96. The SMILES string of the molecule is CC(Nc1ccc(C(N)=S)c(Br)c1F)c1ccccn1. The molecule has 3 nitrogen and oxygen atoms in total. The quantitative estimate of drug-likeness (QED) is 0.821. The highest BCUT2D eigenvalue weighted by Crippen LogP contribution is 2.29. The summed E-state index contributed by atoms with van der Waals surface area (Å²) in [6.45, 7) is 1.91. The first-order valence-corrected chi connectivity index (χ1v) is 7.16. The second kappa shape index (κ2) is 6.28. The standard InChI is InChI=1S/C14H13BrFN3S/c1-8(10-4-2-3-7-18-10)19-11-6-5-9(14(17)20)12(15)13(11)16/h2-8,19H,1H3,(H2,17,20). The van der Waals surface area contributed by atoms with E-state index in [1.54, 1.807) is 18.3 Å². The van der Waals surface area contributed by atoms with Gasteiger partial charge in [-0.1, -0.05) is 18.3 Å². The van der Waals surface area contributed by atoms with Gasteiger partial charge < -0.3 is 11.1 Å². The molecule has 0 spiro atoms. The van der Waals surface area contributed by atoms with Gasteiger partial charge in [-0.25, -0.2) is 4.39 Å². The minimum Gasteiger partial charge on any atom is -0.389 e. The van der Waals surface area contributed by atoms with Crippen molar-refractivity contribution in [2.75, 3.05) is 5.32 Å². The molecule has 1 unspecified atom stereocenters. The van der Waals surface area contributed by atoms with Crippen molar-refractivity contribution in [1.82, 2.24) is 4.98 Å². The van der Waals surface area contributed by atoms with Crippen LogP contribution >= 0.6 is 28.1 Å². The highest BCUT2D eigenvalue weighted by Gasteiger charge is 2.15. The number of halogens is 2. The molecule has 1 aromatic carbocycles. The molecule has 0 fully saturated rings. The summed E-state index contributed by atoms with van der Waals surface area (Å²) in [7, 11) is 0. The monoisotopic (exact) mass is 353 g/mol. The predicted octanol–water partition coefficient (Wildman–Crippen LogP) is 3.79. The molecule has 6 heteroatoms. The van der Waals surface area contributed by atoms with Gasteiger partial charge in [-0.05, 0) is 47.1 Å². The van der Waals surface area contributed by atoms with E-state index in [9.17, 15) is 4.39 Å². The zero-order valence-electron chi connectivity index (χ0n) is 10.7. The van der Waals surface area contributed by atoms with Crippen LogP contribution in [0.2, 0.25) is 0 Å². The van der Waals surface area contributed by atoms with E-state index in [2.05, 4.69) is 26.2 Å². The van der Waals surface area contributed by atoms with Gasteiger partial charge >= 0.3 is 0 Å². The Morgan fingerprint density at radius 2 is 2.15 bits per heavy atom. The lowest BCUT2D eigenvalue weighted by Crippen LogP contribution is -2.13. The minimum atomic E-state index is -0.418. The number of pyridine rings is 1. The van der Waals surface area contributed by atoms with Crippen molar-refractivity contribution in [2.24, 2.45) is 5.73 Å². The van der Waals surface area contributed by atoms with Crippen LogP contribution in [-0.2, 0) is 0 Å². The van der Waals surface area contributed by atoms with E-state index in [1.165, 1.54) is 0 Å². The normalized spacial score (nSPS) is 11.9. The van der Waals surface area contributed by atoms with Gasteiger partial charge in [0.05, 0.1) is 21.9 Å². The highest BCUT2D eigenvalue weighted by molar-refractivity contribution is 9.10. The zero-order chi connectivity index (χ0) is 14.7. The van der Waals surface area contributed by atoms with Crippen LogP contribution in [-0.4, -0.2) is 9.97 Å². The van der Waals surface area contributed by atoms with E-state index in [1.807, 2.05) is 25.1 Å². The molecule has 0 saturated heterocycles. The molecule has 2 rings (SSSR count). The second-order valence-electron chi connectivity index (χ2n) is 4.27. The van der Waals surface area contributed by atoms with E-state index in [0.717, 1.165) is 5.69 Å². The second-order valence-corrected chi connectivity index (χ2v) is 5.51. The number of nitrogens with one attached hydrogen (secondary N) is 1. The fourth-order valence-corrected chi connectivity index (χ4v) is 2.65. The number of nitrogens with two attached hydrogens (primary N) is 1. The highest BCUT2D eigenvalue weighted by atomic mass is 79.9. The van der Waals surface area contributed by atoms with Crippen LogP contribution in [0.5, 0.6) is 0 Å². The van der Waals surface area contributed by atoms with E-state index in [4.69, 9.17) is 18.0 Å². The maximum atomic E-state index is 14.3. The molecule has 1 atom stereocenters. The van der Waals surface area contributed by atoms with E-state index >= 15 is 0 Å². The number of hydrogen-bond donors (Lipinski definition) is 2. The third kappa shape index (κ3) is 3.13. The first kappa shape index (κ1) is 14.9. The Labute approximate surface area is 130 Å². The number of rotatable bonds is 4. The lowest BCUT2D eigenvalue weighted by Gasteiger charge is -2.16. The smallest absolute Gasteiger partial charge is 0.161 e. The number of benzene rings is 1. The summed E-state index contributed by atoms with van der Waals surface area (Å²) in [5, 5.41) is 3.08. The van der Waals surface area contributed by atoms with E-state index < -0.39 is 5.82 Å². The van der Waals surface area contributed by atoms with Crippen LogP contribution < -0.4 is 11.1 Å². The van der Waals surface area contributed by atoms with Gasteiger partial charge in [0.25, 0.3) is 0 Å². The van der Waals surface area contributed by atoms with Gasteiger partial charge in [0.15, 0.2) is 5.82 Å². The van der Waals surface area contributed by atoms with Crippen molar-refractivity contribution in [2.45, 2.75) is 13.0 Å². The van der Waals surface area contributed by atoms with E-state index in [0.29, 0.717) is 11.3 Å². The van der Waals surface area contributed by atoms with Gasteiger partial charge in [-0.2, -0.15) is 0 Å². The number of anilines is 1. The zero-order valence-corrected chi connectivity index (χ0v) is 13.1. The average molecular weight is 354 g/mol. The number of nitrogens with zero attached hydrogens (tertiary/aromatic N) is 1. The fourth-order valence-electron chi connectivity index (χ4n) is 1.79. The van der Waals surface area contributed by atoms with Gasteiger partial charge in [0.2, 0.25) is 0 Å². The lowest BCUT2D eigenvalue weighted by molar-refractivity contribution is 0.620. The van der Waals surface area contributed by atoms with Gasteiger partial charge in [0.1, 0.15) is 4.99 Å². The Hall–Kier alpha value is -1.53. The molecule has 3 N–H and O–H groups in total. The summed E-state index contributed by atoms with van der Waals surface area (Å²) in [4.78, 5) is 4.39. The molecule has 0 aliphatic carbocycles. The summed E-state index contributed by atoms with van der Waals surface area (Å²) >= 11 is 8.05. The number of aromatic nitrogens is 1. The molecule has 20 heavy (non-hydrogen) atoms. The summed E-state index contributed by atoms with van der Waals surface area (Å²) in [5.74, 6) is -0.418. The molecule has 0 radical (unpaired) electrons. The Morgan fingerprint density at radius 1 is 1.40 bits per heavy atom. The van der Waals surface area contributed by atoms with Gasteiger partial charge in [0, 0.05) is 11.8 Å². The van der Waals surface area contributed by atoms with Crippen molar-refractivity contribution >= 4 is 38.8 Å². The molecule has 2 aromatic rings.